The Kier molecular flexibility index (Phi) is 6.84. The number of methoxy groups -OCH3 is 1. The Bertz CT molecular complexity index is 1340. The van der Waals surface area contributed by atoms with E-state index in [9.17, 15) is 20.2 Å². The number of nitrogens with zero attached hydrogens (tertiary/aromatic N) is 2. The van der Waals surface area contributed by atoms with Gasteiger partial charge < -0.3 is 10.1 Å². The number of nitrogens with one attached hydrogen (secondary N) is 1. The summed E-state index contributed by atoms with van der Waals surface area (Å²) in [5, 5.41) is 26.3. The third kappa shape index (κ3) is 4.42. The molecule has 5 atom stereocenters. The maximum atomic E-state index is 11.7. The number of halogens is 2. The molecule has 11 heteroatoms. The van der Waals surface area contributed by atoms with E-state index in [1.807, 2.05) is 24.3 Å². The second-order valence-electron chi connectivity index (χ2n) is 8.79. The molecule has 1 aliphatic carbocycles. The van der Waals surface area contributed by atoms with Crippen molar-refractivity contribution in [3.8, 4) is 5.75 Å². The Morgan fingerprint density at radius 2 is 1.81 bits per heavy atom. The summed E-state index contributed by atoms with van der Waals surface area (Å²) in [6.45, 7) is 0. The molecule has 0 bridgehead atoms. The minimum atomic E-state index is -0.434. The number of hydrogen-bond acceptors (Lipinski definition) is 7. The number of nitro groups is 2. The van der Waals surface area contributed by atoms with Gasteiger partial charge in [-0.05, 0) is 41.7 Å². The first-order valence-corrected chi connectivity index (χ1v) is 13.3. The van der Waals surface area contributed by atoms with Gasteiger partial charge in [-0.25, -0.2) is 0 Å². The van der Waals surface area contributed by atoms with Gasteiger partial charge in [-0.15, -0.1) is 23.4 Å². The molecule has 1 heterocycles. The Morgan fingerprint density at radius 3 is 2.47 bits per heavy atom. The molecule has 0 radical (unpaired) electrons. The van der Waals surface area contributed by atoms with Crippen molar-refractivity contribution >= 4 is 56.4 Å². The first-order chi connectivity index (χ1) is 17.3. The van der Waals surface area contributed by atoms with Crippen LogP contribution in [0.15, 0.2) is 70.0 Å². The Balaban J connectivity index is 1.60. The molecule has 36 heavy (non-hydrogen) atoms. The van der Waals surface area contributed by atoms with E-state index in [4.69, 9.17) is 16.3 Å². The summed E-state index contributed by atoms with van der Waals surface area (Å²) in [5.74, 6) is 0.178. The molecule has 0 spiro atoms. The van der Waals surface area contributed by atoms with Gasteiger partial charge in [-0.1, -0.05) is 40.2 Å². The first kappa shape index (κ1) is 24.9. The van der Waals surface area contributed by atoms with Crippen molar-refractivity contribution in [2.24, 2.45) is 5.92 Å². The highest BCUT2D eigenvalue weighted by Gasteiger charge is 2.51. The summed E-state index contributed by atoms with van der Waals surface area (Å²) in [6, 6.07) is 17.5. The molecule has 0 aromatic heterocycles. The number of ether oxygens (including phenoxy) is 1. The number of rotatable bonds is 6. The number of para-hydroxylation sites is 1. The smallest absolute Gasteiger partial charge is 0.282 e. The standard InChI is InChI=1S/C25H21BrClN3O5S/c1-35-19-11-15(29(31)32)10-16-22-17(24(28-25(16)19)13-6-8-14(26)9-7-13)12-21(23(22)27)36-20-5-3-2-4-18(20)30(33)34/h2-11,17,21-24,28H,12H2,1H3/t17-,21-,22-,23-,24-/m1/s1. The van der Waals surface area contributed by atoms with Crippen LogP contribution in [0.3, 0.4) is 0 Å². The van der Waals surface area contributed by atoms with Gasteiger partial charge in [0.1, 0.15) is 5.75 Å². The number of anilines is 1. The van der Waals surface area contributed by atoms with Crippen LogP contribution in [0.5, 0.6) is 5.75 Å². The first-order valence-electron chi connectivity index (χ1n) is 11.2. The summed E-state index contributed by atoms with van der Waals surface area (Å²) in [4.78, 5) is 23.0. The third-order valence-electron chi connectivity index (χ3n) is 6.87. The Morgan fingerprint density at radius 1 is 1.08 bits per heavy atom. The second-order valence-corrected chi connectivity index (χ2v) is 11.5. The number of fused-ring (bicyclic) bond motifs is 3. The molecule has 1 fully saturated rings. The van der Waals surface area contributed by atoms with Crippen molar-refractivity contribution in [1.29, 1.82) is 0 Å². The minimum absolute atomic E-state index is 0.00755. The monoisotopic (exact) mass is 589 g/mol. The lowest BCUT2D eigenvalue weighted by Gasteiger charge is -2.38. The zero-order valence-corrected chi connectivity index (χ0v) is 22.1. The molecular weight excluding hydrogens is 570 g/mol. The van der Waals surface area contributed by atoms with E-state index in [1.54, 1.807) is 24.3 Å². The van der Waals surface area contributed by atoms with Crippen LogP contribution in [0.1, 0.15) is 29.5 Å². The minimum Gasteiger partial charge on any atom is -0.494 e. The molecular formula is C25H21BrClN3O5S. The molecule has 3 aromatic carbocycles. The van der Waals surface area contributed by atoms with Crippen molar-refractivity contribution in [3.63, 3.8) is 0 Å². The van der Waals surface area contributed by atoms with Crippen LogP contribution in [0.25, 0.3) is 0 Å². The zero-order chi connectivity index (χ0) is 25.6. The molecule has 1 saturated carbocycles. The Hall–Kier alpha value is -2.82. The average molecular weight is 591 g/mol. The molecule has 0 unspecified atom stereocenters. The maximum Gasteiger partial charge on any atom is 0.282 e. The molecule has 186 valence electrons. The van der Waals surface area contributed by atoms with Crippen molar-refractivity contribution in [3.05, 3.63) is 96.5 Å². The van der Waals surface area contributed by atoms with E-state index in [-0.39, 0.29) is 39.4 Å². The fourth-order valence-corrected chi connectivity index (χ4v) is 7.52. The van der Waals surface area contributed by atoms with E-state index in [1.165, 1.54) is 31.0 Å². The number of nitro benzene ring substituents is 2. The second kappa shape index (κ2) is 9.91. The van der Waals surface area contributed by atoms with Crippen LogP contribution in [-0.4, -0.2) is 27.6 Å². The van der Waals surface area contributed by atoms with Crippen molar-refractivity contribution in [2.45, 2.75) is 33.9 Å². The van der Waals surface area contributed by atoms with Gasteiger partial charge in [0.05, 0.1) is 45.0 Å². The lowest BCUT2D eigenvalue weighted by atomic mass is 9.77. The number of benzene rings is 3. The van der Waals surface area contributed by atoms with Gasteiger partial charge in [0.25, 0.3) is 11.4 Å². The van der Waals surface area contributed by atoms with Crippen LogP contribution in [-0.2, 0) is 0 Å². The summed E-state index contributed by atoms with van der Waals surface area (Å²) < 4.78 is 6.51. The van der Waals surface area contributed by atoms with Gasteiger partial charge >= 0.3 is 0 Å². The lowest BCUT2D eigenvalue weighted by Crippen LogP contribution is -2.31. The van der Waals surface area contributed by atoms with E-state index in [2.05, 4.69) is 21.2 Å². The number of alkyl halides is 1. The van der Waals surface area contributed by atoms with Crippen LogP contribution < -0.4 is 10.1 Å². The summed E-state index contributed by atoms with van der Waals surface area (Å²) in [7, 11) is 1.49. The number of non-ortho nitro benzene ring substituents is 1. The number of thioether (sulfide) groups is 1. The van der Waals surface area contributed by atoms with Crippen LogP contribution in [0.4, 0.5) is 17.1 Å². The molecule has 3 aromatic rings. The van der Waals surface area contributed by atoms with E-state index in [0.717, 1.165) is 15.6 Å². The average Bonchev–Trinajstić information content (AvgIpc) is 3.19. The predicted molar refractivity (Wildman–Crippen MR) is 143 cm³/mol. The van der Waals surface area contributed by atoms with Crippen LogP contribution >= 0.6 is 39.3 Å². The third-order valence-corrected chi connectivity index (χ3v) is 9.51. The molecule has 8 nitrogen and oxygen atoms in total. The SMILES string of the molecule is COc1cc([N+](=O)[O-])cc2c1N[C@H](c1ccc(Br)cc1)[C@@H]1C[C@@H](Sc3ccccc3[N+](=O)[O-])[C@@H](Cl)[C@H]21. The van der Waals surface area contributed by atoms with E-state index >= 15 is 0 Å². The predicted octanol–water partition coefficient (Wildman–Crippen LogP) is 7.31. The normalized spacial score (nSPS) is 24.4. The largest absolute Gasteiger partial charge is 0.494 e. The van der Waals surface area contributed by atoms with Gasteiger partial charge in [0.15, 0.2) is 0 Å². The number of hydrogen-bond donors (Lipinski definition) is 1. The van der Waals surface area contributed by atoms with Crippen molar-refractivity contribution in [1.82, 2.24) is 0 Å². The highest BCUT2D eigenvalue weighted by molar-refractivity contribution is 9.10. The molecule has 0 saturated heterocycles. The van der Waals surface area contributed by atoms with Gasteiger partial charge in [0.2, 0.25) is 0 Å². The van der Waals surface area contributed by atoms with Crippen molar-refractivity contribution < 1.29 is 14.6 Å². The fraction of sp³-hybridized carbons (Fsp3) is 0.280. The zero-order valence-electron chi connectivity index (χ0n) is 19.0. The van der Waals surface area contributed by atoms with Crippen LogP contribution in [0.2, 0.25) is 0 Å². The highest BCUT2D eigenvalue weighted by atomic mass is 79.9. The van der Waals surface area contributed by atoms with Crippen molar-refractivity contribution in [2.75, 3.05) is 12.4 Å². The fourth-order valence-electron chi connectivity index (χ4n) is 5.31. The van der Waals surface area contributed by atoms with Crippen LogP contribution in [0, 0.1) is 26.1 Å². The lowest BCUT2D eigenvalue weighted by molar-refractivity contribution is -0.387. The summed E-state index contributed by atoms with van der Waals surface area (Å²) in [5.41, 5.74) is 2.47. The highest BCUT2D eigenvalue weighted by Crippen LogP contribution is 2.60. The molecule has 1 aliphatic heterocycles. The van der Waals surface area contributed by atoms with Gasteiger partial charge in [0, 0.05) is 27.8 Å². The maximum absolute atomic E-state index is 11.7. The molecule has 5 rings (SSSR count). The Labute approximate surface area is 224 Å². The van der Waals surface area contributed by atoms with Gasteiger partial charge in [-0.2, -0.15) is 0 Å². The molecule has 0 amide bonds. The molecule has 2 aliphatic rings. The van der Waals surface area contributed by atoms with Gasteiger partial charge in [-0.3, -0.25) is 20.2 Å². The van der Waals surface area contributed by atoms with E-state index in [0.29, 0.717) is 22.8 Å². The topological polar surface area (TPSA) is 108 Å². The summed E-state index contributed by atoms with van der Waals surface area (Å²) >= 11 is 12.0. The summed E-state index contributed by atoms with van der Waals surface area (Å²) in [6.07, 6.45) is 0.674. The quantitative estimate of drug-likeness (QED) is 0.182. The molecule has 1 N–H and O–H groups in total. The van der Waals surface area contributed by atoms with E-state index < -0.39 is 10.3 Å².